The summed E-state index contributed by atoms with van der Waals surface area (Å²) in [5, 5.41) is 0.966. The van der Waals surface area contributed by atoms with E-state index in [2.05, 4.69) is 0 Å². The van der Waals surface area contributed by atoms with Gasteiger partial charge in [0.2, 0.25) is 0 Å². The van der Waals surface area contributed by atoms with Crippen molar-refractivity contribution in [1.29, 1.82) is 0 Å². The zero-order valence-electron chi connectivity index (χ0n) is 14.0. The maximum Gasteiger partial charge on any atom is 0.351 e. The quantitative estimate of drug-likeness (QED) is 0.363. The van der Waals surface area contributed by atoms with Crippen molar-refractivity contribution in [3.05, 3.63) is 74.1 Å². The molecule has 6 nitrogen and oxygen atoms in total. The highest BCUT2D eigenvalue weighted by atomic mass is 35.5. The molecular weight excluding hydrogens is 395 g/mol. The summed E-state index contributed by atoms with van der Waals surface area (Å²) in [5.41, 5.74) is -0.200. The van der Waals surface area contributed by atoms with Gasteiger partial charge in [-0.1, -0.05) is 29.3 Å². The summed E-state index contributed by atoms with van der Waals surface area (Å²) < 4.78 is 15.3. The third-order valence-electron chi connectivity index (χ3n) is 3.55. The molecule has 0 N–H and O–H groups in total. The highest BCUT2D eigenvalue weighted by Crippen LogP contribution is 2.28. The highest BCUT2D eigenvalue weighted by molar-refractivity contribution is 6.34. The summed E-state index contributed by atoms with van der Waals surface area (Å²) >= 11 is 11.8. The molecule has 0 amide bonds. The van der Waals surface area contributed by atoms with Crippen molar-refractivity contribution in [2.75, 3.05) is 0 Å². The molecule has 0 bridgehead atoms. The Kier molecular flexibility index (Phi) is 5.48. The Morgan fingerprint density at radius 2 is 1.85 bits per heavy atom. The molecule has 0 atom stereocenters. The third kappa shape index (κ3) is 4.48. The Balaban J connectivity index is 1.94. The Morgan fingerprint density at radius 3 is 2.59 bits per heavy atom. The molecule has 138 valence electrons. The van der Waals surface area contributed by atoms with Crippen LogP contribution >= 0.6 is 23.2 Å². The number of rotatable bonds is 4. The molecule has 0 fully saturated rings. The van der Waals surface area contributed by atoms with Gasteiger partial charge >= 0.3 is 17.6 Å². The van der Waals surface area contributed by atoms with Crippen LogP contribution in [-0.2, 0) is 16.1 Å². The Labute approximate surface area is 163 Å². The highest BCUT2D eigenvalue weighted by Gasteiger charge is 2.18. The fourth-order valence-electron chi connectivity index (χ4n) is 2.30. The number of carbonyl (C=O) groups is 2. The van der Waals surface area contributed by atoms with Crippen LogP contribution in [0.5, 0.6) is 5.75 Å². The van der Waals surface area contributed by atoms with Gasteiger partial charge < -0.3 is 13.9 Å². The fourth-order valence-corrected chi connectivity index (χ4v) is 2.62. The minimum Gasteiger partial charge on any atom is -0.461 e. The molecule has 3 rings (SSSR count). The summed E-state index contributed by atoms with van der Waals surface area (Å²) in [6.07, 6.45) is 0. The maximum absolute atomic E-state index is 12.4. The first-order valence-electron chi connectivity index (χ1n) is 7.71. The first kappa shape index (κ1) is 18.9. The predicted molar refractivity (Wildman–Crippen MR) is 99.4 cm³/mol. The van der Waals surface area contributed by atoms with Crippen molar-refractivity contribution in [2.45, 2.75) is 13.5 Å². The summed E-state index contributed by atoms with van der Waals surface area (Å²) in [5.74, 6) is -1.32. The lowest BCUT2D eigenvalue weighted by Gasteiger charge is -2.07. The van der Waals surface area contributed by atoms with E-state index in [-0.39, 0.29) is 28.5 Å². The second-order valence-corrected chi connectivity index (χ2v) is 6.41. The molecule has 0 aliphatic heterocycles. The van der Waals surface area contributed by atoms with Gasteiger partial charge in [0, 0.05) is 23.4 Å². The summed E-state index contributed by atoms with van der Waals surface area (Å²) in [7, 11) is 0. The molecule has 27 heavy (non-hydrogen) atoms. The number of ether oxygens (including phenoxy) is 2. The topological polar surface area (TPSA) is 82.8 Å². The minimum absolute atomic E-state index is 0.0253. The monoisotopic (exact) mass is 406 g/mol. The van der Waals surface area contributed by atoms with Crippen molar-refractivity contribution < 1.29 is 23.5 Å². The number of fused-ring (bicyclic) bond motifs is 1. The van der Waals surface area contributed by atoms with Gasteiger partial charge in [-0.3, -0.25) is 4.79 Å². The molecule has 0 unspecified atom stereocenters. The molecule has 8 heteroatoms. The van der Waals surface area contributed by atoms with Gasteiger partial charge in [0.1, 0.15) is 17.8 Å². The number of halogens is 2. The smallest absolute Gasteiger partial charge is 0.351 e. The lowest BCUT2D eigenvalue weighted by Crippen LogP contribution is -2.18. The average molecular weight is 407 g/mol. The van der Waals surface area contributed by atoms with Gasteiger partial charge in [-0.2, -0.15) is 0 Å². The van der Waals surface area contributed by atoms with Crippen molar-refractivity contribution in [3.8, 4) is 5.75 Å². The molecule has 0 aliphatic carbocycles. The van der Waals surface area contributed by atoms with Gasteiger partial charge in [0.05, 0.1) is 5.02 Å². The second-order valence-electron chi connectivity index (χ2n) is 5.56. The number of benzene rings is 2. The lowest BCUT2D eigenvalue weighted by atomic mass is 10.1. The average Bonchev–Trinajstić information content (AvgIpc) is 2.62. The SMILES string of the molecule is CC(=O)OCc1ccc2oc(=O)c(C(=O)Oc3cc(Cl)ccc3Cl)cc2c1. The van der Waals surface area contributed by atoms with Gasteiger partial charge in [-0.25, -0.2) is 9.59 Å². The second kappa shape index (κ2) is 7.82. The van der Waals surface area contributed by atoms with Crippen LogP contribution < -0.4 is 10.4 Å². The summed E-state index contributed by atoms with van der Waals surface area (Å²) in [4.78, 5) is 35.4. The van der Waals surface area contributed by atoms with E-state index < -0.39 is 17.6 Å². The third-order valence-corrected chi connectivity index (χ3v) is 4.10. The van der Waals surface area contributed by atoms with Gasteiger partial charge in [-0.15, -0.1) is 0 Å². The molecule has 3 aromatic rings. The molecular formula is C19H12Cl2O6. The van der Waals surface area contributed by atoms with Crippen LogP contribution in [0.4, 0.5) is 0 Å². The van der Waals surface area contributed by atoms with E-state index >= 15 is 0 Å². The van der Waals surface area contributed by atoms with Crippen LogP contribution in [0.3, 0.4) is 0 Å². The van der Waals surface area contributed by atoms with Crippen LogP contribution in [0.2, 0.25) is 10.0 Å². The lowest BCUT2D eigenvalue weighted by molar-refractivity contribution is -0.142. The standard InChI is InChI=1S/C19H12Cl2O6/c1-10(22)25-9-11-2-5-16-12(6-11)7-14(18(23)26-16)19(24)27-17-8-13(20)3-4-15(17)21/h2-8H,9H2,1H3. The zero-order chi connectivity index (χ0) is 19.6. The number of hydrogen-bond acceptors (Lipinski definition) is 6. The van der Waals surface area contributed by atoms with Crippen molar-refractivity contribution >= 4 is 46.1 Å². The molecule has 1 aromatic heterocycles. The van der Waals surface area contributed by atoms with Crippen LogP contribution in [0.1, 0.15) is 22.8 Å². The molecule has 2 aromatic carbocycles. The van der Waals surface area contributed by atoms with Crippen LogP contribution in [0.15, 0.2) is 51.7 Å². The van der Waals surface area contributed by atoms with E-state index in [1.165, 1.54) is 31.2 Å². The summed E-state index contributed by atoms with van der Waals surface area (Å²) in [6.45, 7) is 1.36. The number of hydrogen-bond donors (Lipinski definition) is 0. The fraction of sp³-hybridized carbons (Fsp3) is 0.105. The van der Waals surface area contributed by atoms with Gasteiger partial charge in [-0.05, 0) is 35.9 Å². The van der Waals surface area contributed by atoms with E-state index in [1.807, 2.05) is 0 Å². The molecule has 0 aliphatic rings. The first-order valence-corrected chi connectivity index (χ1v) is 8.46. The maximum atomic E-state index is 12.4. The van der Waals surface area contributed by atoms with Crippen molar-refractivity contribution in [1.82, 2.24) is 0 Å². The molecule has 0 saturated heterocycles. The Hall–Kier alpha value is -2.83. The van der Waals surface area contributed by atoms with E-state index in [9.17, 15) is 14.4 Å². The Bertz CT molecular complexity index is 1100. The first-order chi connectivity index (χ1) is 12.8. The molecule has 0 saturated carbocycles. The van der Waals surface area contributed by atoms with E-state index in [4.69, 9.17) is 37.1 Å². The predicted octanol–water partition coefficient (Wildman–Crippen LogP) is 4.38. The van der Waals surface area contributed by atoms with Crippen LogP contribution in [-0.4, -0.2) is 11.9 Å². The minimum atomic E-state index is -0.930. The van der Waals surface area contributed by atoms with Crippen molar-refractivity contribution in [3.63, 3.8) is 0 Å². The number of carbonyl (C=O) groups excluding carboxylic acids is 2. The van der Waals surface area contributed by atoms with Crippen LogP contribution in [0.25, 0.3) is 11.0 Å². The molecule has 1 heterocycles. The molecule has 0 spiro atoms. The van der Waals surface area contributed by atoms with E-state index in [0.717, 1.165) is 0 Å². The Morgan fingerprint density at radius 1 is 1.07 bits per heavy atom. The summed E-state index contributed by atoms with van der Waals surface area (Å²) in [6, 6.07) is 10.6. The van der Waals surface area contributed by atoms with E-state index in [0.29, 0.717) is 16.0 Å². The normalized spacial score (nSPS) is 10.6. The molecule has 0 radical (unpaired) electrons. The zero-order valence-corrected chi connectivity index (χ0v) is 15.5. The van der Waals surface area contributed by atoms with Gasteiger partial charge in [0.15, 0.2) is 5.75 Å². The number of esters is 2. The van der Waals surface area contributed by atoms with Crippen LogP contribution in [0, 0.1) is 0 Å². The van der Waals surface area contributed by atoms with Gasteiger partial charge in [0.25, 0.3) is 0 Å². The van der Waals surface area contributed by atoms with Crippen molar-refractivity contribution in [2.24, 2.45) is 0 Å². The largest absolute Gasteiger partial charge is 0.461 e. The van der Waals surface area contributed by atoms with E-state index in [1.54, 1.807) is 18.2 Å².